The molecular weight excluding hydrogens is 248 g/mol. The number of aryl methyl sites for hydroxylation is 1. The molecule has 0 fully saturated rings. The lowest BCUT2D eigenvalue weighted by Gasteiger charge is -2.06. The summed E-state index contributed by atoms with van der Waals surface area (Å²) in [5, 5.41) is 3.14. The van der Waals surface area contributed by atoms with Crippen LogP contribution in [-0.2, 0) is 6.42 Å². The summed E-state index contributed by atoms with van der Waals surface area (Å²) in [6, 6.07) is 10.9. The molecule has 0 saturated heterocycles. The molecule has 92 valence electrons. The van der Waals surface area contributed by atoms with Gasteiger partial charge in [-0.1, -0.05) is 30.7 Å². The maximum absolute atomic E-state index is 12.0. The molecule has 2 rings (SSSR count). The molecule has 3 nitrogen and oxygen atoms in total. The SMILES string of the molecule is CCc1cccc(NC(=O)c2ccnc(Cl)c2)c1. The Morgan fingerprint density at radius 3 is 2.89 bits per heavy atom. The van der Waals surface area contributed by atoms with Gasteiger partial charge in [0.1, 0.15) is 5.15 Å². The van der Waals surface area contributed by atoms with Crippen LogP contribution in [0.15, 0.2) is 42.6 Å². The van der Waals surface area contributed by atoms with Crippen LogP contribution in [0.3, 0.4) is 0 Å². The Hall–Kier alpha value is -1.87. The number of rotatable bonds is 3. The van der Waals surface area contributed by atoms with Gasteiger partial charge in [-0.3, -0.25) is 4.79 Å². The molecule has 18 heavy (non-hydrogen) atoms. The van der Waals surface area contributed by atoms with Gasteiger partial charge in [-0.05, 0) is 36.2 Å². The van der Waals surface area contributed by atoms with Crippen LogP contribution in [0.1, 0.15) is 22.8 Å². The minimum absolute atomic E-state index is 0.187. The summed E-state index contributed by atoms with van der Waals surface area (Å²) in [6.45, 7) is 2.07. The Labute approximate surface area is 111 Å². The monoisotopic (exact) mass is 260 g/mol. The number of nitrogens with zero attached hydrogens (tertiary/aromatic N) is 1. The van der Waals surface area contributed by atoms with Crippen molar-refractivity contribution in [1.29, 1.82) is 0 Å². The third-order valence-corrected chi connectivity index (χ3v) is 2.79. The standard InChI is InChI=1S/C14H13ClN2O/c1-2-10-4-3-5-12(8-10)17-14(18)11-6-7-16-13(15)9-11/h3-9H,2H2,1H3,(H,17,18). The van der Waals surface area contributed by atoms with Gasteiger partial charge in [-0.15, -0.1) is 0 Å². The first-order chi connectivity index (χ1) is 8.69. The summed E-state index contributed by atoms with van der Waals surface area (Å²) in [5.74, 6) is -0.187. The van der Waals surface area contributed by atoms with Crippen molar-refractivity contribution in [3.63, 3.8) is 0 Å². The minimum Gasteiger partial charge on any atom is -0.322 e. The smallest absolute Gasteiger partial charge is 0.255 e. The van der Waals surface area contributed by atoms with E-state index in [1.165, 1.54) is 11.8 Å². The Kier molecular flexibility index (Phi) is 3.95. The van der Waals surface area contributed by atoms with E-state index in [-0.39, 0.29) is 5.91 Å². The number of carbonyl (C=O) groups excluding carboxylic acids is 1. The predicted molar refractivity (Wildman–Crippen MR) is 73.0 cm³/mol. The van der Waals surface area contributed by atoms with Crippen molar-refractivity contribution in [1.82, 2.24) is 4.98 Å². The molecular formula is C14H13ClN2O. The van der Waals surface area contributed by atoms with E-state index in [0.29, 0.717) is 10.7 Å². The van der Waals surface area contributed by atoms with E-state index < -0.39 is 0 Å². The summed E-state index contributed by atoms with van der Waals surface area (Å²) in [4.78, 5) is 15.8. The lowest BCUT2D eigenvalue weighted by atomic mass is 10.1. The molecule has 1 aromatic heterocycles. The molecule has 2 aromatic rings. The number of nitrogens with one attached hydrogen (secondary N) is 1. The topological polar surface area (TPSA) is 42.0 Å². The summed E-state index contributed by atoms with van der Waals surface area (Å²) in [5.41, 5.74) is 2.46. The van der Waals surface area contributed by atoms with E-state index in [0.717, 1.165) is 12.1 Å². The van der Waals surface area contributed by atoms with Crippen molar-refractivity contribution >= 4 is 23.2 Å². The Bertz CT molecular complexity index is 569. The molecule has 0 aliphatic carbocycles. The van der Waals surface area contributed by atoms with E-state index >= 15 is 0 Å². The van der Waals surface area contributed by atoms with Crippen molar-refractivity contribution in [2.45, 2.75) is 13.3 Å². The summed E-state index contributed by atoms with van der Waals surface area (Å²) in [6.07, 6.45) is 2.45. The fourth-order valence-corrected chi connectivity index (χ4v) is 1.79. The van der Waals surface area contributed by atoms with Crippen LogP contribution in [-0.4, -0.2) is 10.9 Å². The number of halogens is 1. The molecule has 1 N–H and O–H groups in total. The van der Waals surface area contributed by atoms with Crippen molar-refractivity contribution in [2.24, 2.45) is 0 Å². The lowest BCUT2D eigenvalue weighted by Crippen LogP contribution is -2.12. The zero-order valence-corrected chi connectivity index (χ0v) is 10.7. The van der Waals surface area contributed by atoms with Crippen LogP contribution < -0.4 is 5.32 Å². The van der Waals surface area contributed by atoms with Gasteiger partial charge in [0.05, 0.1) is 0 Å². The Balaban J connectivity index is 2.16. The highest BCUT2D eigenvalue weighted by Crippen LogP contribution is 2.13. The number of benzene rings is 1. The van der Waals surface area contributed by atoms with Crippen molar-refractivity contribution < 1.29 is 4.79 Å². The molecule has 0 spiro atoms. The van der Waals surface area contributed by atoms with Crippen LogP contribution >= 0.6 is 11.6 Å². The van der Waals surface area contributed by atoms with Crippen LogP contribution in [0.4, 0.5) is 5.69 Å². The first kappa shape index (κ1) is 12.6. The van der Waals surface area contributed by atoms with Gasteiger partial charge in [-0.25, -0.2) is 4.98 Å². The van der Waals surface area contributed by atoms with Gasteiger partial charge in [0.25, 0.3) is 5.91 Å². The molecule has 1 aromatic carbocycles. The Morgan fingerprint density at radius 1 is 1.33 bits per heavy atom. The second kappa shape index (κ2) is 5.65. The van der Waals surface area contributed by atoms with Crippen LogP contribution in [0.5, 0.6) is 0 Å². The van der Waals surface area contributed by atoms with Gasteiger partial charge >= 0.3 is 0 Å². The third kappa shape index (κ3) is 3.08. The average Bonchev–Trinajstić information content (AvgIpc) is 2.39. The van der Waals surface area contributed by atoms with E-state index in [4.69, 9.17) is 11.6 Å². The summed E-state index contributed by atoms with van der Waals surface area (Å²) < 4.78 is 0. The fourth-order valence-electron chi connectivity index (χ4n) is 1.62. The highest BCUT2D eigenvalue weighted by atomic mass is 35.5. The number of hydrogen-bond acceptors (Lipinski definition) is 2. The molecule has 0 atom stereocenters. The molecule has 0 aliphatic rings. The maximum Gasteiger partial charge on any atom is 0.255 e. The number of pyridine rings is 1. The number of hydrogen-bond donors (Lipinski definition) is 1. The first-order valence-electron chi connectivity index (χ1n) is 5.71. The van der Waals surface area contributed by atoms with Crippen molar-refractivity contribution in [3.05, 3.63) is 58.9 Å². The van der Waals surface area contributed by atoms with Crippen LogP contribution in [0.25, 0.3) is 0 Å². The predicted octanol–water partition coefficient (Wildman–Crippen LogP) is 3.55. The second-order valence-electron chi connectivity index (χ2n) is 3.88. The molecule has 0 unspecified atom stereocenters. The van der Waals surface area contributed by atoms with Crippen LogP contribution in [0.2, 0.25) is 5.15 Å². The molecule has 0 aliphatic heterocycles. The molecule has 1 amide bonds. The molecule has 0 saturated carbocycles. The zero-order chi connectivity index (χ0) is 13.0. The van der Waals surface area contributed by atoms with E-state index in [1.807, 2.05) is 24.3 Å². The highest BCUT2D eigenvalue weighted by Gasteiger charge is 2.06. The number of anilines is 1. The molecule has 0 bridgehead atoms. The van der Waals surface area contributed by atoms with E-state index in [1.54, 1.807) is 12.1 Å². The zero-order valence-electron chi connectivity index (χ0n) is 9.98. The summed E-state index contributed by atoms with van der Waals surface area (Å²) >= 11 is 5.75. The fraction of sp³-hybridized carbons (Fsp3) is 0.143. The number of amides is 1. The molecule has 1 heterocycles. The van der Waals surface area contributed by atoms with Gasteiger partial charge in [0, 0.05) is 17.4 Å². The van der Waals surface area contributed by atoms with Crippen molar-refractivity contribution in [2.75, 3.05) is 5.32 Å². The number of carbonyl (C=O) groups is 1. The second-order valence-corrected chi connectivity index (χ2v) is 4.26. The van der Waals surface area contributed by atoms with Gasteiger partial charge < -0.3 is 5.32 Å². The van der Waals surface area contributed by atoms with Gasteiger partial charge in [-0.2, -0.15) is 0 Å². The molecule has 4 heteroatoms. The largest absolute Gasteiger partial charge is 0.322 e. The molecule has 0 radical (unpaired) electrons. The average molecular weight is 261 g/mol. The first-order valence-corrected chi connectivity index (χ1v) is 6.08. The van der Waals surface area contributed by atoms with Gasteiger partial charge in [0.15, 0.2) is 0 Å². The maximum atomic E-state index is 12.0. The quantitative estimate of drug-likeness (QED) is 0.858. The minimum atomic E-state index is -0.187. The van der Waals surface area contributed by atoms with Gasteiger partial charge in [0.2, 0.25) is 0 Å². The summed E-state index contributed by atoms with van der Waals surface area (Å²) in [7, 11) is 0. The van der Waals surface area contributed by atoms with E-state index in [9.17, 15) is 4.79 Å². The van der Waals surface area contributed by atoms with Crippen LogP contribution in [0, 0.1) is 0 Å². The highest BCUT2D eigenvalue weighted by molar-refractivity contribution is 6.29. The lowest BCUT2D eigenvalue weighted by molar-refractivity contribution is 0.102. The Morgan fingerprint density at radius 2 is 2.17 bits per heavy atom. The third-order valence-electron chi connectivity index (χ3n) is 2.58. The van der Waals surface area contributed by atoms with E-state index in [2.05, 4.69) is 17.2 Å². The van der Waals surface area contributed by atoms with Crippen molar-refractivity contribution in [3.8, 4) is 0 Å². The number of aromatic nitrogens is 1. The normalized spacial score (nSPS) is 10.1.